The highest BCUT2D eigenvalue weighted by molar-refractivity contribution is 5.97. The van der Waals surface area contributed by atoms with Gasteiger partial charge in [-0.25, -0.2) is 9.59 Å². The van der Waals surface area contributed by atoms with Crippen LogP contribution in [0.25, 0.3) is 0 Å². The molecule has 0 spiro atoms. The molecule has 1 aliphatic heterocycles. The van der Waals surface area contributed by atoms with Crippen LogP contribution in [0.2, 0.25) is 0 Å². The second kappa shape index (κ2) is 5.82. The number of nitrogens with one attached hydrogen (secondary N) is 1. The first-order chi connectivity index (χ1) is 9.91. The van der Waals surface area contributed by atoms with E-state index in [-0.39, 0.29) is 5.56 Å². The van der Waals surface area contributed by atoms with E-state index in [2.05, 4.69) is 5.32 Å². The lowest BCUT2D eigenvalue weighted by Gasteiger charge is -2.23. The first-order valence-corrected chi connectivity index (χ1v) is 6.61. The van der Waals surface area contributed by atoms with Gasteiger partial charge in [0.25, 0.3) is 0 Å². The molecule has 21 heavy (non-hydrogen) atoms. The molecule has 4 N–H and O–H groups in total. The van der Waals surface area contributed by atoms with E-state index in [1.807, 2.05) is 0 Å². The molecule has 0 saturated carbocycles. The molecular weight excluding hydrogens is 274 g/mol. The van der Waals surface area contributed by atoms with Gasteiger partial charge in [0.2, 0.25) is 5.91 Å². The molecule has 2 rings (SSSR count). The number of carbonyl (C=O) groups is 3. The Morgan fingerprint density at radius 2 is 2.10 bits per heavy atom. The van der Waals surface area contributed by atoms with Crippen molar-refractivity contribution in [1.29, 1.82) is 0 Å². The molecule has 1 aliphatic rings. The summed E-state index contributed by atoms with van der Waals surface area (Å²) >= 11 is 0. The molecule has 1 atom stereocenters. The number of amides is 3. The summed E-state index contributed by atoms with van der Waals surface area (Å²) in [5.41, 5.74) is 6.28. The maximum Gasteiger partial charge on any atom is 0.336 e. The number of hydrogen-bond donors (Lipinski definition) is 3. The highest BCUT2D eigenvalue weighted by Gasteiger charge is 2.32. The number of carboxylic acid groups (broad SMARTS) is 1. The monoisotopic (exact) mass is 291 g/mol. The summed E-state index contributed by atoms with van der Waals surface area (Å²) in [7, 11) is 0. The maximum atomic E-state index is 12.2. The van der Waals surface area contributed by atoms with E-state index in [1.54, 1.807) is 19.1 Å². The van der Waals surface area contributed by atoms with E-state index in [1.165, 1.54) is 11.0 Å². The van der Waals surface area contributed by atoms with Gasteiger partial charge in [0, 0.05) is 12.2 Å². The highest BCUT2D eigenvalue weighted by Crippen LogP contribution is 2.22. The van der Waals surface area contributed by atoms with Crippen molar-refractivity contribution in [2.75, 3.05) is 11.9 Å². The van der Waals surface area contributed by atoms with Gasteiger partial charge in [0.05, 0.1) is 5.56 Å². The zero-order chi connectivity index (χ0) is 15.6. The number of anilines is 1. The van der Waals surface area contributed by atoms with E-state index in [9.17, 15) is 14.4 Å². The molecule has 1 unspecified atom stereocenters. The Bertz CT molecular complexity index is 600. The molecule has 0 aromatic heterocycles. The van der Waals surface area contributed by atoms with Gasteiger partial charge in [-0.15, -0.1) is 0 Å². The van der Waals surface area contributed by atoms with Crippen molar-refractivity contribution < 1.29 is 19.5 Å². The van der Waals surface area contributed by atoms with Crippen molar-refractivity contribution in [1.82, 2.24) is 4.90 Å². The summed E-state index contributed by atoms with van der Waals surface area (Å²) < 4.78 is 0. The molecular formula is C14H17N3O4. The fraction of sp³-hybridized carbons (Fsp3) is 0.357. The number of primary amides is 1. The van der Waals surface area contributed by atoms with E-state index in [0.717, 1.165) is 6.42 Å². The molecule has 0 radical (unpaired) electrons. The van der Waals surface area contributed by atoms with Crippen LogP contribution in [-0.4, -0.2) is 40.5 Å². The standard InChI is InChI=1S/C14H17N3O4/c1-8-9(13(19)20)4-2-5-10(8)16-14(21)17-7-3-6-11(17)12(15)18/h2,4-5,11H,3,6-7H2,1H3,(H2,15,18)(H,16,21)(H,19,20). The minimum atomic E-state index is -1.06. The summed E-state index contributed by atoms with van der Waals surface area (Å²) in [6.07, 6.45) is 1.27. The fourth-order valence-electron chi connectivity index (χ4n) is 2.50. The number of urea groups is 1. The van der Waals surface area contributed by atoms with Crippen LogP contribution in [0.1, 0.15) is 28.8 Å². The largest absolute Gasteiger partial charge is 0.478 e. The Balaban J connectivity index is 2.18. The zero-order valence-electron chi connectivity index (χ0n) is 11.6. The second-order valence-electron chi connectivity index (χ2n) is 4.97. The predicted molar refractivity (Wildman–Crippen MR) is 76.1 cm³/mol. The van der Waals surface area contributed by atoms with Crippen molar-refractivity contribution in [2.45, 2.75) is 25.8 Å². The van der Waals surface area contributed by atoms with Gasteiger partial charge in [-0.1, -0.05) is 6.07 Å². The van der Waals surface area contributed by atoms with Crippen LogP contribution < -0.4 is 11.1 Å². The Kier molecular flexibility index (Phi) is 4.11. The molecule has 112 valence electrons. The van der Waals surface area contributed by atoms with E-state index >= 15 is 0 Å². The molecule has 1 aromatic carbocycles. The Hall–Kier alpha value is -2.57. The van der Waals surface area contributed by atoms with Crippen LogP contribution in [0.3, 0.4) is 0 Å². The van der Waals surface area contributed by atoms with Crippen LogP contribution >= 0.6 is 0 Å². The molecule has 7 heteroatoms. The SMILES string of the molecule is Cc1c(NC(=O)N2CCCC2C(N)=O)cccc1C(=O)O. The lowest BCUT2D eigenvalue weighted by molar-refractivity contribution is -0.121. The fourth-order valence-corrected chi connectivity index (χ4v) is 2.50. The molecule has 3 amide bonds. The Morgan fingerprint density at radius 1 is 1.38 bits per heavy atom. The molecule has 0 bridgehead atoms. The number of carboxylic acids is 1. The number of hydrogen-bond acceptors (Lipinski definition) is 3. The maximum absolute atomic E-state index is 12.2. The first-order valence-electron chi connectivity index (χ1n) is 6.61. The summed E-state index contributed by atoms with van der Waals surface area (Å²) in [5.74, 6) is -1.58. The number of rotatable bonds is 3. The van der Waals surface area contributed by atoms with Gasteiger partial charge < -0.3 is 21.1 Å². The van der Waals surface area contributed by atoms with Gasteiger partial charge in [-0.05, 0) is 37.5 Å². The lowest BCUT2D eigenvalue weighted by atomic mass is 10.1. The first kappa shape index (κ1) is 14.8. The summed E-state index contributed by atoms with van der Waals surface area (Å²) in [5, 5.41) is 11.7. The minimum Gasteiger partial charge on any atom is -0.478 e. The van der Waals surface area contributed by atoms with E-state index < -0.39 is 23.9 Å². The number of benzene rings is 1. The zero-order valence-corrected chi connectivity index (χ0v) is 11.6. The number of likely N-dealkylation sites (tertiary alicyclic amines) is 1. The van der Waals surface area contributed by atoms with Gasteiger partial charge in [-0.3, -0.25) is 4.79 Å². The summed E-state index contributed by atoms with van der Waals surface area (Å²) in [6.45, 7) is 2.08. The van der Waals surface area contributed by atoms with Crippen molar-refractivity contribution >= 4 is 23.6 Å². The van der Waals surface area contributed by atoms with Gasteiger partial charge >= 0.3 is 12.0 Å². The van der Waals surface area contributed by atoms with Gasteiger partial charge in [-0.2, -0.15) is 0 Å². The van der Waals surface area contributed by atoms with Crippen LogP contribution in [0.15, 0.2) is 18.2 Å². The van der Waals surface area contributed by atoms with Crippen LogP contribution in [-0.2, 0) is 4.79 Å². The smallest absolute Gasteiger partial charge is 0.336 e. The van der Waals surface area contributed by atoms with Crippen molar-refractivity contribution in [3.63, 3.8) is 0 Å². The van der Waals surface area contributed by atoms with E-state index in [4.69, 9.17) is 10.8 Å². The molecule has 1 saturated heterocycles. The second-order valence-corrected chi connectivity index (χ2v) is 4.97. The molecule has 1 fully saturated rings. The topological polar surface area (TPSA) is 113 Å². The minimum absolute atomic E-state index is 0.126. The Labute approximate surface area is 121 Å². The third kappa shape index (κ3) is 2.96. The summed E-state index contributed by atoms with van der Waals surface area (Å²) in [6, 6.07) is 3.60. The van der Waals surface area contributed by atoms with Gasteiger partial charge in [0.15, 0.2) is 0 Å². The molecule has 1 heterocycles. The lowest BCUT2D eigenvalue weighted by Crippen LogP contribution is -2.45. The molecule has 0 aliphatic carbocycles. The van der Waals surface area contributed by atoms with Crippen molar-refractivity contribution in [3.8, 4) is 0 Å². The Morgan fingerprint density at radius 3 is 2.71 bits per heavy atom. The highest BCUT2D eigenvalue weighted by atomic mass is 16.4. The molecule has 7 nitrogen and oxygen atoms in total. The van der Waals surface area contributed by atoms with Gasteiger partial charge in [0.1, 0.15) is 6.04 Å². The predicted octanol–water partition coefficient (Wildman–Crippen LogP) is 1.17. The van der Waals surface area contributed by atoms with Crippen LogP contribution in [0.5, 0.6) is 0 Å². The van der Waals surface area contributed by atoms with Crippen LogP contribution in [0, 0.1) is 6.92 Å². The molecule has 1 aromatic rings. The quantitative estimate of drug-likeness (QED) is 0.775. The number of aromatic carboxylic acids is 1. The van der Waals surface area contributed by atoms with E-state index in [0.29, 0.717) is 24.2 Å². The number of nitrogens with zero attached hydrogens (tertiary/aromatic N) is 1. The normalized spacial score (nSPS) is 17.6. The van der Waals surface area contributed by atoms with Crippen LogP contribution in [0.4, 0.5) is 10.5 Å². The van der Waals surface area contributed by atoms with Crippen molar-refractivity contribution in [2.24, 2.45) is 5.73 Å². The van der Waals surface area contributed by atoms with Crippen molar-refractivity contribution in [3.05, 3.63) is 29.3 Å². The third-order valence-corrected chi connectivity index (χ3v) is 3.65. The third-order valence-electron chi connectivity index (χ3n) is 3.65. The number of nitrogens with two attached hydrogens (primary N) is 1. The number of carbonyl (C=O) groups excluding carboxylic acids is 2. The summed E-state index contributed by atoms with van der Waals surface area (Å²) in [4.78, 5) is 36.0. The average Bonchev–Trinajstić information content (AvgIpc) is 2.90. The average molecular weight is 291 g/mol.